The first-order valence-corrected chi connectivity index (χ1v) is 10.7. The molecule has 6 heteroatoms. The lowest BCUT2D eigenvalue weighted by molar-refractivity contribution is -0.131. The van der Waals surface area contributed by atoms with E-state index in [-0.39, 0.29) is 5.54 Å². The van der Waals surface area contributed by atoms with E-state index < -0.39 is 0 Å². The van der Waals surface area contributed by atoms with Crippen molar-refractivity contribution in [2.45, 2.75) is 64.6 Å². The lowest BCUT2D eigenvalue weighted by Crippen LogP contribution is -2.60. The van der Waals surface area contributed by atoms with Crippen molar-refractivity contribution in [3.05, 3.63) is 17.5 Å². The molecule has 2 aliphatic heterocycles. The predicted molar refractivity (Wildman–Crippen MR) is 106 cm³/mol. The number of nitrogens with zero attached hydrogens (tertiary/aromatic N) is 5. The average Bonchev–Trinajstić information content (AvgIpc) is 3.43. The van der Waals surface area contributed by atoms with Crippen molar-refractivity contribution in [3.8, 4) is 0 Å². The zero-order valence-corrected chi connectivity index (χ0v) is 17.3. The Bertz CT molecular complexity index is 682. The molecule has 2 saturated heterocycles. The van der Waals surface area contributed by atoms with Crippen molar-refractivity contribution in [1.82, 2.24) is 24.5 Å². The van der Waals surface area contributed by atoms with Gasteiger partial charge in [-0.1, -0.05) is 0 Å². The molecule has 1 aromatic rings. The highest BCUT2D eigenvalue weighted by atomic mass is 16.2. The molecule has 4 rings (SSSR count). The summed E-state index contributed by atoms with van der Waals surface area (Å²) in [6.07, 6.45) is 7.63. The SMILES string of the molecule is CCn1cc(CN2CCN(C)C3(CCC(=O)N(CC4CC4)CC3)C2)c(C)n1. The van der Waals surface area contributed by atoms with Gasteiger partial charge in [-0.05, 0) is 52.5 Å². The van der Waals surface area contributed by atoms with Gasteiger partial charge in [0.1, 0.15) is 0 Å². The second-order valence-electron chi connectivity index (χ2n) is 8.99. The molecule has 3 heterocycles. The number of hydrogen-bond acceptors (Lipinski definition) is 4. The fourth-order valence-corrected chi connectivity index (χ4v) is 4.83. The number of aromatic nitrogens is 2. The molecule has 0 radical (unpaired) electrons. The van der Waals surface area contributed by atoms with Gasteiger partial charge in [-0.25, -0.2) is 0 Å². The smallest absolute Gasteiger partial charge is 0.222 e. The van der Waals surface area contributed by atoms with Gasteiger partial charge in [0, 0.05) is 69.5 Å². The van der Waals surface area contributed by atoms with Gasteiger partial charge >= 0.3 is 0 Å². The molecule has 1 unspecified atom stereocenters. The number of amides is 1. The first-order valence-electron chi connectivity index (χ1n) is 10.7. The number of likely N-dealkylation sites (N-methyl/N-ethyl adjacent to an activating group) is 1. The van der Waals surface area contributed by atoms with Crippen LogP contribution in [0.5, 0.6) is 0 Å². The van der Waals surface area contributed by atoms with E-state index in [2.05, 4.69) is 46.9 Å². The van der Waals surface area contributed by atoms with Gasteiger partial charge in [-0.3, -0.25) is 19.3 Å². The van der Waals surface area contributed by atoms with Crippen LogP contribution in [0, 0.1) is 12.8 Å². The molecule has 1 saturated carbocycles. The van der Waals surface area contributed by atoms with Crippen molar-refractivity contribution < 1.29 is 4.79 Å². The van der Waals surface area contributed by atoms with E-state index in [0.717, 1.165) is 70.3 Å². The van der Waals surface area contributed by atoms with Crippen LogP contribution in [0.15, 0.2) is 6.20 Å². The summed E-state index contributed by atoms with van der Waals surface area (Å²) >= 11 is 0. The molecular formula is C21H35N5O. The van der Waals surface area contributed by atoms with Gasteiger partial charge in [0.2, 0.25) is 5.91 Å². The first-order chi connectivity index (χ1) is 13.0. The third-order valence-corrected chi connectivity index (χ3v) is 7.02. The highest BCUT2D eigenvalue weighted by Crippen LogP contribution is 2.35. The molecular weight excluding hydrogens is 338 g/mol. The molecule has 0 bridgehead atoms. The number of rotatable bonds is 5. The Labute approximate surface area is 163 Å². The lowest BCUT2D eigenvalue weighted by atomic mass is 9.86. The summed E-state index contributed by atoms with van der Waals surface area (Å²) in [6.45, 7) is 11.3. The van der Waals surface area contributed by atoms with Crippen LogP contribution in [-0.4, -0.2) is 75.7 Å². The summed E-state index contributed by atoms with van der Waals surface area (Å²) in [5.74, 6) is 1.16. The molecule has 0 aromatic carbocycles. The maximum absolute atomic E-state index is 12.6. The number of likely N-dealkylation sites (tertiary alicyclic amines) is 1. The van der Waals surface area contributed by atoms with Crippen LogP contribution in [0.4, 0.5) is 0 Å². The largest absolute Gasteiger partial charge is 0.342 e. The summed E-state index contributed by atoms with van der Waals surface area (Å²) in [7, 11) is 2.26. The van der Waals surface area contributed by atoms with Crippen LogP contribution >= 0.6 is 0 Å². The number of aryl methyl sites for hydroxylation is 2. The molecule has 3 fully saturated rings. The molecule has 6 nitrogen and oxygen atoms in total. The van der Waals surface area contributed by atoms with Crippen LogP contribution in [0.25, 0.3) is 0 Å². The zero-order valence-electron chi connectivity index (χ0n) is 17.3. The molecule has 27 heavy (non-hydrogen) atoms. The van der Waals surface area contributed by atoms with E-state index in [1.54, 1.807) is 0 Å². The van der Waals surface area contributed by atoms with Crippen LogP contribution in [0.2, 0.25) is 0 Å². The van der Waals surface area contributed by atoms with Crippen molar-refractivity contribution in [3.63, 3.8) is 0 Å². The fourth-order valence-electron chi connectivity index (χ4n) is 4.83. The monoisotopic (exact) mass is 373 g/mol. The summed E-state index contributed by atoms with van der Waals surface area (Å²) in [4.78, 5) is 19.9. The van der Waals surface area contributed by atoms with Crippen LogP contribution in [0.3, 0.4) is 0 Å². The normalized spacial score (nSPS) is 28.1. The second-order valence-corrected chi connectivity index (χ2v) is 8.99. The van der Waals surface area contributed by atoms with Crippen molar-refractivity contribution >= 4 is 5.91 Å². The van der Waals surface area contributed by atoms with E-state index in [4.69, 9.17) is 0 Å². The maximum atomic E-state index is 12.6. The predicted octanol–water partition coefficient (Wildman–Crippen LogP) is 2.12. The van der Waals surface area contributed by atoms with Crippen LogP contribution < -0.4 is 0 Å². The van der Waals surface area contributed by atoms with E-state index in [1.165, 1.54) is 18.4 Å². The molecule has 1 amide bonds. The van der Waals surface area contributed by atoms with E-state index in [0.29, 0.717) is 12.3 Å². The van der Waals surface area contributed by atoms with E-state index >= 15 is 0 Å². The minimum atomic E-state index is 0.140. The molecule has 1 aromatic heterocycles. The van der Waals surface area contributed by atoms with Crippen molar-refractivity contribution in [2.75, 3.05) is 39.8 Å². The van der Waals surface area contributed by atoms with Gasteiger partial charge in [0.15, 0.2) is 0 Å². The fraction of sp³-hybridized carbons (Fsp3) is 0.810. The summed E-state index contributed by atoms with van der Waals surface area (Å²) in [6, 6.07) is 0. The Morgan fingerprint density at radius 1 is 1.22 bits per heavy atom. The standard InChI is InChI=1S/C21H35N5O/c1-4-26-15-19(17(2)22-26)14-24-12-11-23(3)21(16-24)8-7-20(27)25(10-9-21)13-18-5-6-18/h15,18H,4-14,16H2,1-3H3. The molecule has 3 aliphatic rings. The maximum Gasteiger partial charge on any atom is 0.222 e. The lowest BCUT2D eigenvalue weighted by Gasteiger charge is -2.49. The Morgan fingerprint density at radius 3 is 2.74 bits per heavy atom. The minimum absolute atomic E-state index is 0.140. The van der Waals surface area contributed by atoms with Gasteiger partial charge in [-0.15, -0.1) is 0 Å². The third kappa shape index (κ3) is 4.06. The van der Waals surface area contributed by atoms with Gasteiger partial charge < -0.3 is 4.90 Å². The third-order valence-electron chi connectivity index (χ3n) is 7.02. The van der Waals surface area contributed by atoms with Gasteiger partial charge in [0.25, 0.3) is 0 Å². The molecule has 0 N–H and O–H groups in total. The molecule has 150 valence electrons. The Kier molecular flexibility index (Phi) is 5.30. The molecule has 1 atom stereocenters. The van der Waals surface area contributed by atoms with Crippen molar-refractivity contribution in [1.29, 1.82) is 0 Å². The number of carbonyl (C=O) groups excluding carboxylic acids is 1. The van der Waals surface area contributed by atoms with Gasteiger partial charge in [-0.2, -0.15) is 5.10 Å². The quantitative estimate of drug-likeness (QED) is 0.793. The highest BCUT2D eigenvalue weighted by Gasteiger charge is 2.42. The number of hydrogen-bond donors (Lipinski definition) is 0. The second kappa shape index (κ2) is 7.55. The van der Waals surface area contributed by atoms with Crippen molar-refractivity contribution in [2.24, 2.45) is 5.92 Å². The zero-order chi connectivity index (χ0) is 19.0. The Hall–Kier alpha value is -1.40. The summed E-state index contributed by atoms with van der Waals surface area (Å²) < 4.78 is 2.04. The van der Waals surface area contributed by atoms with Crippen LogP contribution in [0.1, 0.15) is 50.3 Å². The number of carbonyl (C=O) groups is 1. The average molecular weight is 374 g/mol. The Morgan fingerprint density at radius 2 is 2.04 bits per heavy atom. The summed E-state index contributed by atoms with van der Waals surface area (Å²) in [5, 5.41) is 4.61. The van der Waals surface area contributed by atoms with Gasteiger partial charge in [0.05, 0.1) is 5.69 Å². The number of piperazine rings is 1. The molecule has 1 spiro atoms. The van der Waals surface area contributed by atoms with Crippen LogP contribution in [-0.2, 0) is 17.9 Å². The highest BCUT2D eigenvalue weighted by molar-refractivity contribution is 5.76. The molecule has 1 aliphatic carbocycles. The first kappa shape index (κ1) is 18.9. The van der Waals surface area contributed by atoms with E-state index in [1.807, 2.05) is 4.68 Å². The Balaban J connectivity index is 1.44. The summed E-state index contributed by atoms with van der Waals surface area (Å²) in [5.41, 5.74) is 2.63. The minimum Gasteiger partial charge on any atom is -0.342 e. The van der Waals surface area contributed by atoms with E-state index in [9.17, 15) is 4.79 Å². The topological polar surface area (TPSA) is 44.6 Å².